The van der Waals surface area contributed by atoms with E-state index in [1.165, 1.54) is 18.0 Å². The highest BCUT2D eigenvalue weighted by molar-refractivity contribution is 8.15. The Morgan fingerprint density at radius 3 is 2.91 bits per heavy atom. The van der Waals surface area contributed by atoms with Crippen LogP contribution in [0.2, 0.25) is 5.02 Å². The van der Waals surface area contributed by atoms with Crippen LogP contribution in [-0.2, 0) is 10.3 Å². The zero-order valence-corrected chi connectivity index (χ0v) is 18.9. The van der Waals surface area contributed by atoms with E-state index >= 15 is 4.39 Å². The fraction of sp³-hybridized carbons (Fsp3) is 0.318. The van der Waals surface area contributed by atoms with Gasteiger partial charge in [0.1, 0.15) is 5.52 Å². The summed E-state index contributed by atoms with van der Waals surface area (Å²) >= 11 is 7.47. The predicted octanol–water partition coefficient (Wildman–Crippen LogP) is 4.99. The van der Waals surface area contributed by atoms with Gasteiger partial charge in [-0.3, -0.25) is 9.98 Å². The van der Waals surface area contributed by atoms with Gasteiger partial charge in [-0.05, 0) is 31.5 Å². The second-order valence-corrected chi connectivity index (χ2v) is 10.2. The third-order valence-electron chi connectivity index (χ3n) is 6.14. The molecule has 3 atom stereocenters. The number of nitrogens with one attached hydrogen (secondary N) is 1. The molecule has 2 aromatic heterocycles. The molecule has 0 bridgehead atoms. The Kier molecular flexibility index (Phi) is 5.03. The Morgan fingerprint density at radius 2 is 2.12 bits per heavy atom. The van der Waals surface area contributed by atoms with Gasteiger partial charge in [0.15, 0.2) is 22.6 Å². The number of anilines is 2. The summed E-state index contributed by atoms with van der Waals surface area (Å²) in [6.45, 7) is 2.26. The molecule has 5 rings (SSSR count). The van der Waals surface area contributed by atoms with E-state index in [9.17, 15) is 4.39 Å². The number of pyridine rings is 2. The lowest BCUT2D eigenvalue weighted by Crippen LogP contribution is -2.37. The molecule has 166 valence electrons. The van der Waals surface area contributed by atoms with E-state index in [1.807, 2.05) is 0 Å². The smallest absolute Gasteiger partial charge is 0.164 e. The molecule has 0 saturated heterocycles. The molecule has 2 aliphatic rings. The van der Waals surface area contributed by atoms with Gasteiger partial charge in [-0.1, -0.05) is 23.4 Å². The average Bonchev–Trinajstić information content (AvgIpc) is 3.45. The number of rotatable bonds is 5. The lowest BCUT2D eigenvalue weighted by molar-refractivity contribution is 0.184. The van der Waals surface area contributed by atoms with Crippen LogP contribution >= 0.6 is 23.4 Å². The molecule has 6 nitrogen and oxygen atoms in total. The minimum absolute atomic E-state index is 0.0316. The molecule has 0 unspecified atom stereocenters. The molecular formula is C22H20ClF2N5OS. The number of nitrogens with zero attached hydrogens (tertiary/aromatic N) is 3. The van der Waals surface area contributed by atoms with Crippen molar-refractivity contribution in [3.63, 3.8) is 0 Å². The number of fused-ring (bicyclic) bond motifs is 2. The van der Waals surface area contributed by atoms with Crippen LogP contribution in [-0.4, -0.2) is 33.6 Å². The molecular weight excluding hydrogens is 456 g/mol. The topological polar surface area (TPSA) is 85.4 Å². The highest BCUT2D eigenvalue weighted by Crippen LogP contribution is 2.66. The fourth-order valence-corrected chi connectivity index (χ4v) is 6.24. The Bertz CT molecular complexity index is 1270. The van der Waals surface area contributed by atoms with E-state index in [1.54, 1.807) is 38.4 Å². The van der Waals surface area contributed by atoms with Gasteiger partial charge in [0.2, 0.25) is 0 Å². The van der Waals surface area contributed by atoms with Crippen molar-refractivity contribution in [3.05, 3.63) is 58.9 Å². The van der Waals surface area contributed by atoms with Crippen LogP contribution in [0.5, 0.6) is 0 Å². The van der Waals surface area contributed by atoms with E-state index in [2.05, 4.69) is 20.3 Å². The number of hydrogen-bond donors (Lipinski definition) is 2. The quantitative estimate of drug-likeness (QED) is 0.541. The van der Waals surface area contributed by atoms with Crippen LogP contribution in [0.15, 0.2) is 41.7 Å². The normalized spacial score (nSPS) is 26.5. The molecule has 0 spiro atoms. The Morgan fingerprint density at radius 1 is 1.31 bits per heavy atom. The van der Waals surface area contributed by atoms with Gasteiger partial charge in [-0.25, -0.2) is 13.8 Å². The van der Waals surface area contributed by atoms with Gasteiger partial charge >= 0.3 is 0 Å². The van der Waals surface area contributed by atoms with Crippen LogP contribution in [0.1, 0.15) is 18.9 Å². The van der Waals surface area contributed by atoms with Crippen molar-refractivity contribution < 1.29 is 13.5 Å². The van der Waals surface area contributed by atoms with Gasteiger partial charge in [0.05, 0.1) is 21.9 Å². The number of ether oxygens (including phenoxy) is 1. The van der Waals surface area contributed by atoms with E-state index in [-0.39, 0.29) is 16.2 Å². The molecule has 0 amide bonds. The van der Waals surface area contributed by atoms with Crippen molar-refractivity contribution in [2.75, 3.05) is 19.0 Å². The molecule has 1 fully saturated rings. The van der Waals surface area contributed by atoms with Crippen LogP contribution < -0.4 is 11.1 Å². The summed E-state index contributed by atoms with van der Waals surface area (Å²) in [5.74, 6) is -1.54. The van der Waals surface area contributed by atoms with E-state index < -0.39 is 17.2 Å². The molecule has 10 heteroatoms. The summed E-state index contributed by atoms with van der Waals surface area (Å²) in [4.78, 5) is 13.2. The average molecular weight is 476 g/mol. The Labute approximate surface area is 192 Å². The summed E-state index contributed by atoms with van der Waals surface area (Å²) in [6.07, 6.45) is 3.85. The van der Waals surface area contributed by atoms with E-state index in [0.29, 0.717) is 33.8 Å². The maximum Gasteiger partial charge on any atom is 0.164 e. The van der Waals surface area contributed by atoms with Crippen molar-refractivity contribution in [2.24, 2.45) is 16.6 Å². The lowest BCUT2D eigenvalue weighted by atomic mass is 9.85. The van der Waals surface area contributed by atoms with Crippen LogP contribution in [0.25, 0.3) is 10.9 Å². The molecule has 1 saturated carbocycles. The summed E-state index contributed by atoms with van der Waals surface area (Å²) in [6, 6.07) is 6.20. The van der Waals surface area contributed by atoms with Crippen molar-refractivity contribution in [1.82, 2.24) is 9.97 Å². The molecule has 1 aliphatic heterocycles. The SMILES string of the molecule is COC[C@]12C[C@H]1[C@@](C)(c1cc(Nc3nccc4cc(Cl)cnc34)cc(F)c1F)N=C(N)S2. The second-order valence-electron chi connectivity index (χ2n) is 8.28. The number of thioether (sulfide) groups is 1. The highest BCUT2D eigenvalue weighted by Gasteiger charge is 2.66. The molecule has 1 aromatic carbocycles. The van der Waals surface area contributed by atoms with Crippen LogP contribution in [0.4, 0.5) is 20.3 Å². The zero-order chi connectivity index (χ0) is 22.7. The summed E-state index contributed by atoms with van der Waals surface area (Å²) in [7, 11) is 1.62. The zero-order valence-electron chi connectivity index (χ0n) is 17.3. The first-order valence-electron chi connectivity index (χ1n) is 9.96. The minimum Gasteiger partial charge on any atom is -0.383 e. The fourth-order valence-electron chi connectivity index (χ4n) is 4.62. The molecule has 3 N–H and O–H groups in total. The first kappa shape index (κ1) is 21.4. The van der Waals surface area contributed by atoms with Gasteiger partial charge in [-0.15, -0.1) is 0 Å². The van der Waals surface area contributed by atoms with Crippen molar-refractivity contribution in [1.29, 1.82) is 0 Å². The highest BCUT2D eigenvalue weighted by atomic mass is 35.5. The Balaban J connectivity index is 1.57. The molecule has 0 radical (unpaired) electrons. The predicted molar refractivity (Wildman–Crippen MR) is 123 cm³/mol. The molecule has 3 heterocycles. The number of methoxy groups -OCH3 is 1. The maximum atomic E-state index is 15.1. The number of aliphatic imine (C=N–C) groups is 1. The van der Waals surface area contributed by atoms with Gasteiger partial charge in [0.25, 0.3) is 0 Å². The van der Waals surface area contributed by atoms with E-state index in [0.717, 1.165) is 17.9 Å². The summed E-state index contributed by atoms with van der Waals surface area (Å²) in [5.41, 5.74) is 6.12. The summed E-state index contributed by atoms with van der Waals surface area (Å²) < 4.78 is 34.9. The van der Waals surface area contributed by atoms with Crippen molar-refractivity contribution >= 4 is 50.9 Å². The first-order valence-corrected chi connectivity index (χ1v) is 11.2. The number of halogens is 3. The summed E-state index contributed by atoms with van der Waals surface area (Å²) in [5, 5.41) is 4.68. The van der Waals surface area contributed by atoms with Crippen molar-refractivity contribution in [3.8, 4) is 0 Å². The third kappa shape index (κ3) is 3.39. The molecule has 1 aliphatic carbocycles. The lowest BCUT2D eigenvalue weighted by Gasteiger charge is -2.34. The first-order chi connectivity index (χ1) is 15.3. The number of amidine groups is 1. The van der Waals surface area contributed by atoms with Crippen LogP contribution in [0.3, 0.4) is 0 Å². The van der Waals surface area contributed by atoms with E-state index in [4.69, 9.17) is 22.1 Å². The van der Waals surface area contributed by atoms with Crippen molar-refractivity contribution in [2.45, 2.75) is 23.6 Å². The monoisotopic (exact) mass is 475 g/mol. The van der Waals surface area contributed by atoms with Gasteiger partial charge in [0, 0.05) is 48.1 Å². The van der Waals surface area contributed by atoms with Gasteiger partial charge < -0.3 is 15.8 Å². The standard InChI is InChI=1S/C22H20ClF2N5OS/c1-21(16-8-22(16,10-31-2)32-20(26)30-21)14-6-13(7-15(24)17(14)25)29-19-18-11(3-4-27-19)5-12(23)9-28-18/h3-7,9,16H,8,10H2,1-2H3,(H2,26,30)(H,27,29)/t16-,21+,22+/m0/s1. The number of aromatic nitrogens is 2. The number of nitrogens with two attached hydrogens (primary N) is 1. The molecule has 3 aromatic rings. The van der Waals surface area contributed by atoms with Crippen LogP contribution in [0, 0.1) is 17.6 Å². The third-order valence-corrected chi connectivity index (χ3v) is 7.63. The maximum absolute atomic E-state index is 15.1. The van der Waals surface area contributed by atoms with Gasteiger partial charge in [-0.2, -0.15) is 0 Å². The molecule has 32 heavy (non-hydrogen) atoms. The second kappa shape index (κ2) is 7.54. The minimum atomic E-state index is -1.02. The number of benzene rings is 1. The Hall–Kier alpha value is -2.49. The number of hydrogen-bond acceptors (Lipinski definition) is 7. The largest absolute Gasteiger partial charge is 0.383 e.